The number of anilines is 2. The molecule has 0 radical (unpaired) electrons. The van der Waals surface area contributed by atoms with Gasteiger partial charge in [0.05, 0.1) is 24.2 Å². The highest BCUT2D eigenvalue weighted by atomic mass is 19.3. The maximum Gasteiger partial charge on any atom is 0.296 e. The van der Waals surface area contributed by atoms with Gasteiger partial charge >= 0.3 is 0 Å². The molecule has 2 saturated heterocycles. The van der Waals surface area contributed by atoms with E-state index in [4.69, 9.17) is 14.7 Å². The van der Waals surface area contributed by atoms with E-state index in [-0.39, 0.29) is 18.5 Å². The Morgan fingerprint density at radius 3 is 2.42 bits per heavy atom. The molecule has 3 aliphatic rings. The highest BCUT2D eigenvalue weighted by molar-refractivity contribution is 5.78. The van der Waals surface area contributed by atoms with Crippen LogP contribution in [0, 0.1) is 5.92 Å². The number of nitrogens with zero attached hydrogens (tertiary/aromatic N) is 6. The van der Waals surface area contributed by atoms with Crippen molar-refractivity contribution in [2.45, 2.75) is 50.6 Å². The van der Waals surface area contributed by atoms with Crippen LogP contribution in [0.3, 0.4) is 0 Å². The van der Waals surface area contributed by atoms with Gasteiger partial charge in [-0.2, -0.15) is 9.97 Å². The molecular formula is C27H34F3N7O. The first-order valence-electron chi connectivity index (χ1n) is 13.6. The Hall–Kier alpha value is -2.92. The number of nitrogens with one attached hydrogen (secondary N) is 1. The van der Waals surface area contributed by atoms with Crippen LogP contribution in [-0.4, -0.2) is 82.6 Å². The Bertz CT molecular complexity index is 1240. The van der Waals surface area contributed by atoms with Gasteiger partial charge in [-0.05, 0) is 50.2 Å². The summed E-state index contributed by atoms with van der Waals surface area (Å²) in [6.45, 7) is 3.98. The SMILES string of the molecule is FC[C@@H]1CCN1[C@H]1CC[C@@H](CNc2nc(N3CCOCC3)cc(-n3c(C(F)F)nc4ccccc43)n2)CC1. The number of hydrogen-bond acceptors (Lipinski definition) is 7. The Morgan fingerprint density at radius 1 is 0.947 bits per heavy atom. The van der Waals surface area contributed by atoms with Crippen molar-refractivity contribution in [2.24, 2.45) is 5.92 Å². The number of hydrogen-bond donors (Lipinski definition) is 1. The normalized spacial score (nSPS) is 24.6. The molecule has 6 rings (SSSR count). The number of fused-ring (bicyclic) bond motifs is 1. The highest BCUT2D eigenvalue weighted by Crippen LogP contribution is 2.33. The quantitative estimate of drug-likeness (QED) is 0.457. The van der Waals surface area contributed by atoms with Gasteiger partial charge in [-0.3, -0.25) is 9.47 Å². The van der Waals surface area contributed by atoms with E-state index in [9.17, 15) is 13.2 Å². The van der Waals surface area contributed by atoms with Crippen LogP contribution in [0.1, 0.15) is 44.4 Å². The molecule has 1 aromatic carbocycles. The van der Waals surface area contributed by atoms with Crippen molar-refractivity contribution in [2.75, 3.05) is 56.3 Å². The van der Waals surface area contributed by atoms with Crippen molar-refractivity contribution in [3.8, 4) is 5.82 Å². The summed E-state index contributed by atoms with van der Waals surface area (Å²) >= 11 is 0. The van der Waals surface area contributed by atoms with Crippen molar-refractivity contribution in [1.29, 1.82) is 0 Å². The Morgan fingerprint density at radius 2 is 1.71 bits per heavy atom. The predicted molar refractivity (Wildman–Crippen MR) is 140 cm³/mol. The molecule has 1 N–H and O–H groups in total. The minimum Gasteiger partial charge on any atom is -0.378 e. The molecule has 1 saturated carbocycles. The molecule has 3 aromatic rings. The molecular weight excluding hydrogens is 495 g/mol. The Labute approximate surface area is 220 Å². The maximum atomic E-state index is 14.1. The molecule has 8 nitrogen and oxygen atoms in total. The fourth-order valence-corrected chi connectivity index (χ4v) is 6.03. The fraction of sp³-hybridized carbons (Fsp3) is 0.593. The molecule has 0 unspecified atom stereocenters. The van der Waals surface area contributed by atoms with E-state index < -0.39 is 6.43 Å². The third-order valence-electron chi connectivity index (χ3n) is 8.25. The average molecular weight is 530 g/mol. The zero-order chi connectivity index (χ0) is 26.1. The molecule has 1 atom stereocenters. The smallest absolute Gasteiger partial charge is 0.296 e. The molecule has 0 spiro atoms. The highest BCUT2D eigenvalue weighted by Gasteiger charge is 2.35. The summed E-state index contributed by atoms with van der Waals surface area (Å²) in [5.41, 5.74) is 1.08. The third-order valence-corrected chi connectivity index (χ3v) is 8.25. The second-order valence-corrected chi connectivity index (χ2v) is 10.5. The van der Waals surface area contributed by atoms with Gasteiger partial charge in [0, 0.05) is 44.3 Å². The van der Waals surface area contributed by atoms with Gasteiger partial charge in [-0.15, -0.1) is 0 Å². The molecule has 204 valence electrons. The molecule has 11 heteroatoms. The molecule has 2 aliphatic heterocycles. The molecule has 2 aromatic heterocycles. The second-order valence-electron chi connectivity index (χ2n) is 10.5. The van der Waals surface area contributed by atoms with Crippen molar-refractivity contribution >= 4 is 22.8 Å². The van der Waals surface area contributed by atoms with Crippen molar-refractivity contribution in [3.63, 3.8) is 0 Å². The van der Waals surface area contributed by atoms with Crippen LogP contribution in [0.25, 0.3) is 16.9 Å². The summed E-state index contributed by atoms with van der Waals surface area (Å²) in [5.74, 6) is 1.59. The number of halogens is 3. The second kappa shape index (κ2) is 11.1. The first-order valence-corrected chi connectivity index (χ1v) is 13.6. The number of benzene rings is 1. The predicted octanol–water partition coefficient (Wildman–Crippen LogP) is 4.60. The number of imidazole rings is 1. The van der Waals surface area contributed by atoms with Crippen molar-refractivity contribution in [1.82, 2.24) is 24.4 Å². The first-order chi connectivity index (χ1) is 18.6. The summed E-state index contributed by atoms with van der Waals surface area (Å²) < 4.78 is 48.2. The van der Waals surface area contributed by atoms with Gasteiger partial charge in [-0.1, -0.05) is 12.1 Å². The maximum absolute atomic E-state index is 14.1. The lowest BCUT2D eigenvalue weighted by Gasteiger charge is -2.47. The Balaban J connectivity index is 1.24. The summed E-state index contributed by atoms with van der Waals surface area (Å²) in [6.07, 6.45) is 2.48. The van der Waals surface area contributed by atoms with Crippen LogP contribution < -0.4 is 10.2 Å². The van der Waals surface area contributed by atoms with Crippen LogP contribution >= 0.6 is 0 Å². The van der Waals surface area contributed by atoms with Crippen LogP contribution in [0.4, 0.5) is 24.9 Å². The first kappa shape index (κ1) is 25.4. The number of likely N-dealkylation sites (tertiary alicyclic amines) is 1. The largest absolute Gasteiger partial charge is 0.378 e. The lowest BCUT2D eigenvalue weighted by molar-refractivity contribution is 0.00532. The number of ether oxygens (including phenoxy) is 1. The van der Waals surface area contributed by atoms with E-state index in [1.54, 1.807) is 24.3 Å². The molecule has 38 heavy (non-hydrogen) atoms. The van der Waals surface area contributed by atoms with E-state index >= 15 is 0 Å². The zero-order valence-electron chi connectivity index (χ0n) is 21.4. The minimum absolute atomic E-state index is 0.113. The van der Waals surface area contributed by atoms with Gasteiger partial charge in [0.1, 0.15) is 18.3 Å². The molecule has 3 fully saturated rings. The number of morpholine rings is 1. The lowest BCUT2D eigenvalue weighted by atomic mass is 9.83. The van der Waals surface area contributed by atoms with Gasteiger partial charge in [-0.25, -0.2) is 18.2 Å². The number of rotatable bonds is 8. The molecule has 0 bridgehead atoms. The van der Waals surface area contributed by atoms with Crippen molar-refractivity contribution in [3.05, 3.63) is 36.2 Å². The minimum atomic E-state index is -2.75. The molecule has 4 heterocycles. The van der Waals surface area contributed by atoms with Crippen LogP contribution in [-0.2, 0) is 4.74 Å². The van der Waals surface area contributed by atoms with Gasteiger partial charge in [0.15, 0.2) is 5.82 Å². The topological polar surface area (TPSA) is 71.3 Å². The van der Waals surface area contributed by atoms with E-state index in [0.717, 1.165) is 38.6 Å². The van der Waals surface area contributed by atoms with Gasteiger partial charge in [0.25, 0.3) is 6.43 Å². The zero-order valence-corrected chi connectivity index (χ0v) is 21.4. The summed E-state index contributed by atoms with van der Waals surface area (Å²) in [6, 6.07) is 9.46. The third kappa shape index (κ3) is 5.05. The lowest BCUT2D eigenvalue weighted by Crippen LogP contribution is -2.55. The Kier molecular flexibility index (Phi) is 7.38. The summed E-state index contributed by atoms with van der Waals surface area (Å²) in [5, 5.41) is 3.41. The van der Waals surface area contributed by atoms with Crippen LogP contribution in [0.15, 0.2) is 30.3 Å². The number of para-hydroxylation sites is 2. The molecule has 1 aliphatic carbocycles. The standard InChI is InChI=1S/C27H34F3N7O/c28-16-20-9-10-36(20)19-7-5-18(6-8-19)17-31-27-33-23(35-11-13-38-14-12-35)15-24(34-27)37-22-4-2-1-3-21(22)32-26(37)25(29)30/h1-4,15,18-20,25H,5-14,16-17H2,(H,31,33,34)/t18-,19+,20-/m0/s1. The van der Waals surface area contributed by atoms with E-state index in [1.165, 1.54) is 4.57 Å². The van der Waals surface area contributed by atoms with E-state index in [2.05, 4.69) is 20.1 Å². The van der Waals surface area contributed by atoms with Gasteiger partial charge < -0.3 is 15.0 Å². The summed E-state index contributed by atoms with van der Waals surface area (Å²) in [7, 11) is 0. The van der Waals surface area contributed by atoms with Crippen molar-refractivity contribution < 1.29 is 17.9 Å². The van der Waals surface area contributed by atoms with Crippen LogP contribution in [0.2, 0.25) is 0 Å². The van der Waals surface area contributed by atoms with Gasteiger partial charge in [0.2, 0.25) is 5.95 Å². The average Bonchev–Trinajstić information content (AvgIpc) is 3.33. The monoisotopic (exact) mass is 529 g/mol. The van der Waals surface area contributed by atoms with E-state index in [1.807, 2.05) is 6.07 Å². The number of aromatic nitrogens is 4. The molecule has 0 amide bonds. The number of alkyl halides is 3. The van der Waals surface area contributed by atoms with Crippen LogP contribution in [0.5, 0.6) is 0 Å². The summed E-state index contributed by atoms with van der Waals surface area (Å²) in [4.78, 5) is 18.1. The fourth-order valence-electron chi connectivity index (χ4n) is 6.03. The van der Waals surface area contributed by atoms with E-state index in [0.29, 0.717) is 73.4 Å².